The average molecular weight is 250 g/mol. The van der Waals surface area contributed by atoms with Gasteiger partial charge in [0.25, 0.3) is 0 Å². The molecule has 0 aromatic carbocycles. The van der Waals surface area contributed by atoms with E-state index >= 15 is 0 Å². The van der Waals surface area contributed by atoms with Crippen molar-refractivity contribution in [3.05, 3.63) is 24.0 Å². The molecule has 0 amide bonds. The molecule has 0 aliphatic carbocycles. The third kappa shape index (κ3) is 6.08. The van der Waals surface area contributed by atoms with Crippen molar-refractivity contribution in [1.29, 1.82) is 0 Å². The van der Waals surface area contributed by atoms with Gasteiger partial charge in [0, 0.05) is 12.1 Å². The third-order valence-electron chi connectivity index (χ3n) is 1.82. The first-order chi connectivity index (χ1) is 8.01. The predicted molar refractivity (Wildman–Crippen MR) is 54.5 cm³/mol. The molecule has 0 unspecified atom stereocenters. The fourth-order valence-corrected chi connectivity index (χ4v) is 1.11. The van der Waals surface area contributed by atoms with Crippen LogP contribution in [0.2, 0.25) is 0 Å². The first-order valence-electron chi connectivity index (χ1n) is 5.00. The number of pyridine rings is 1. The molecule has 0 aliphatic rings. The summed E-state index contributed by atoms with van der Waals surface area (Å²) in [6.07, 6.45) is -2.53. The molecule has 0 bridgehead atoms. The molecule has 2 N–H and O–H groups in total. The molecular weight excluding hydrogens is 237 g/mol. The third-order valence-corrected chi connectivity index (χ3v) is 1.82. The molecule has 1 aromatic rings. The molecule has 1 aromatic heterocycles. The van der Waals surface area contributed by atoms with Crippen LogP contribution in [0.4, 0.5) is 13.2 Å². The van der Waals surface area contributed by atoms with Gasteiger partial charge in [0.15, 0.2) is 0 Å². The number of hydrogen-bond acceptors (Lipinski definition) is 4. The summed E-state index contributed by atoms with van der Waals surface area (Å²) in [4.78, 5) is 4.03. The van der Waals surface area contributed by atoms with Crippen molar-refractivity contribution >= 4 is 0 Å². The summed E-state index contributed by atoms with van der Waals surface area (Å²) in [7, 11) is 0. The molecule has 0 spiro atoms. The molecule has 0 saturated carbocycles. The van der Waals surface area contributed by atoms with Gasteiger partial charge in [-0.2, -0.15) is 0 Å². The number of hydrogen-bond donors (Lipinski definition) is 1. The van der Waals surface area contributed by atoms with Gasteiger partial charge in [-0.25, -0.2) is 0 Å². The van der Waals surface area contributed by atoms with Gasteiger partial charge in [0.05, 0.1) is 12.8 Å². The minimum Gasteiger partial charge on any atom is -0.490 e. The van der Waals surface area contributed by atoms with E-state index in [2.05, 4.69) is 9.72 Å². The van der Waals surface area contributed by atoms with E-state index in [9.17, 15) is 13.2 Å². The van der Waals surface area contributed by atoms with Crippen LogP contribution in [0.25, 0.3) is 0 Å². The van der Waals surface area contributed by atoms with Crippen molar-refractivity contribution in [3.63, 3.8) is 0 Å². The van der Waals surface area contributed by atoms with Crippen LogP contribution in [0.1, 0.15) is 5.69 Å². The Kier molecular flexibility index (Phi) is 5.17. The Labute approximate surface area is 96.5 Å². The number of aromatic nitrogens is 1. The second kappa shape index (κ2) is 6.41. The minimum atomic E-state index is -4.62. The number of nitrogens with zero attached hydrogens (tertiary/aromatic N) is 1. The lowest BCUT2D eigenvalue weighted by Gasteiger charge is -2.08. The molecule has 0 saturated heterocycles. The minimum absolute atomic E-state index is 0.183. The zero-order valence-corrected chi connectivity index (χ0v) is 9.04. The molecule has 1 rings (SSSR count). The van der Waals surface area contributed by atoms with E-state index in [0.717, 1.165) is 5.69 Å². The Bertz CT molecular complexity index is 327. The van der Waals surface area contributed by atoms with Crippen molar-refractivity contribution in [3.8, 4) is 5.75 Å². The van der Waals surface area contributed by atoms with Crippen molar-refractivity contribution < 1.29 is 22.6 Å². The maximum Gasteiger partial charge on any atom is 0.522 e. The maximum atomic E-state index is 11.6. The highest BCUT2D eigenvalue weighted by Gasteiger charge is 2.28. The van der Waals surface area contributed by atoms with E-state index in [1.807, 2.05) is 0 Å². The lowest BCUT2D eigenvalue weighted by Crippen LogP contribution is -2.18. The second-order valence-corrected chi connectivity index (χ2v) is 3.17. The first kappa shape index (κ1) is 13.7. The topological polar surface area (TPSA) is 57.4 Å². The predicted octanol–water partition coefficient (Wildman–Crippen LogP) is 1.50. The molecule has 1 heterocycles. The quantitative estimate of drug-likeness (QED) is 0.777. The fraction of sp³-hybridized carbons (Fsp3) is 0.500. The van der Waals surface area contributed by atoms with Crippen LogP contribution in [0, 0.1) is 0 Å². The normalized spacial score (nSPS) is 11.5. The molecule has 96 valence electrons. The van der Waals surface area contributed by atoms with Gasteiger partial charge < -0.3 is 10.5 Å². The van der Waals surface area contributed by atoms with E-state index in [1.165, 1.54) is 6.20 Å². The van der Waals surface area contributed by atoms with E-state index in [1.54, 1.807) is 12.1 Å². The Morgan fingerprint density at radius 2 is 2.00 bits per heavy atom. The van der Waals surface area contributed by atoms with Crippen molar-refractivity contribution in [2.45, 2.75) is 12.8 Å². The van der Waals surface area contributed by atoms with Gasteiger partial charge in [-0.3, -0.25) is 9.72 Å². The Hall–Kier alpha value is -1.34. The van der Waals surface area contributed by atoms with Crippen LogP contribution >= 0.6 is 0 Å². The summed E-state index contributed by atoms with van der Waals surface area (Å²) < 4.78 is 43.4. The lowest BCUT2D eigenvalue weighted by molar-refractivity contribution is -0.325. The Morgan fingerprint density at radius 3 is 2.53 bits per heavy atom. The highest BCUT2D eigenvalue weighted by molar-refractivity contribution is 5.19. The molecular formula is C10H13F3N2O2. The van der Waals surface area contributed by atoms with Gasteiger partial charge in [0.2, 0.25) is 0 Å². The summed E-state index contributed by atoms with van der Waals surface area (Å²) in [6, 6.07) is 3.35. The number of ether oxygens (including phenoxy) is 2. The van der Waals surface area contributed by atoms with E-state index in [-0.39, 0.29) is 6.61 Å². The number of rotatable bonds is 6. The highest BCUT2D eigenvalue weighted by Crippen LogP contribution is 2.16. The monoisotopic (exact) mass is 250 g/mol. The van der Waals surface area contributed by atoms with Crippen LogP contribution in [0.5, 0.6) is 5.75 Å². The first-order valence-corrected chi connectivity index (χ1v) is 5.00. The number of nitrogens with two attached hydrogens (primary N) is 1. The highest BCUT2D eigenvalue weighted by atomic mass is 19.4. The van der Waals surface area contributed by atoms with Crippen LogP contribution in [0.15, 0.2) is 18.3 Å². The summed E-state index contributed by atoms with van der Waals surface area (Å²) >= 11 is 0. The summed E-state index contributed by atoms with van der Waals surface area (Å²) in [6.45, 7) is -0.238. The van der Waals surface area contributed by atoms with Crippen molar-refractivity contribution in [1.82, 2.24) is 4.98 Å². The fourth-order valence-electron chi connectivity index (χ4n) is 1.11. The zero-order valence-electron chi connectivity index (χ0n) is 9.04. The maximum absolute atomic E-state index is 11.6. The van der Waals surface area contributed by atoms with Crippen LogP contribution in [0.3, 0.4) is 0 Å². The van der Waals surface area contributed by atoms with Gasteiger partial charge in [-0.05, 0) is 18.7 Å². The van der Waals surface area contributed by atoms with Crippen LogP contribution in [-0.2, 0) is 11.2 Å². The van der Waals surface area contributed by atoms with Gasteiger partial charge in [-0.1, -0.05) is 0 Å². The van der Waals surface area contributed by atoms with Crippen LogP contribution < -0.4 is 10.5 Å². The zero-order chi connectivity index (χ0) is 12.7. The SMILES string of the molecule is NCCc1ccc(OCCOC(F)(F)F)cn1. The lowest BCUT2D eigenvalue weighted by atomic mass is 10.3. The summed E-state index contributed by atoms with van der Waals surface area (Å²) in [5.74, 6) is 0.400. The van der Waals surface area contributed by atoms with Crippen molar-refractivity contribution in [2.75, 3.05) is 19.8 Å². The van der Waals surface area contributed by atoms with Gasteiger partial charge >= 0.3 is 6.36 Å². The molecule has 7 heteroatoms. The standard InChI is InChI=1S/C10H13F3N2O2/c11-10(12,13)17-6-5-16-9-2-1-8(3-4-14)15-7-9/h1-2,7H,3-6,14H2. The van der Waals surface area contributed by atoms with Crippen molar-refractivity contribution in [2.24, 2.45) is 5.73 Å². The number of halogens is 3. The van der Waals surface area contributed by atoms with Gasteiger partial charge in [-0.15, -0.1) is 13.2 Å². The molecule has 17 heavy (non-hydrogen) atoms. The largest absolute Gasteiger partial charge is 0.522 e. The number of alkyl halides is 3. The van der Waals surface area contributed by atoms with Crippen LogP contribution in [-0.4, -0.2) is 31.1 Å². The average Bonchev–Trinajstić information content (AvgIpc) is 2.26. The second-order valence-electron chi connectivity index (χ2n) is 3.17. The van der Waals surface area contributed by atoms with Gasteiger partial charge in [0.1, 0.15) is 12.4 Å². The summed E-state index contributed by atoms with van der Waals surface area (Å²) in [5.41, 5.74) is 6.15. The van der Waals surface area contributed by atoms with E-state index < -0.39 is 13.0 Å². The smallest absolute Gasteiger partial charge is 0.490 e. The Morgan fingerprint density at radius 1 is 1.24 bits per heavy atom. The Balaban J connectivity index is 2.27. The molecule has 0 radical (unpaired) electrons. The molecule has 0 aliphatic heterocycles. The van der Waals surface area contributed by atoms with E-state index in [4.69, 9.17) is 10.5 Å². The van der Waals surface area contributed by atoms with E-state index in [0.29, 0.717) is 18.7 Å². The summed E-state index contributed by atoms with van der Waals surface area (Å²) in [5, 5.41) is 0. The molecule has 4 nitrogen and oxygen atoms in total. The molecule has 0 atom stereocenters. The molecule has 0 fully saturated rings.